The normalized spacial score (nSPS) is 17.6. The molecule has 0 fully saturated rings. The number of benzene rings is 1. The zero-order chi connectivity index (χ0) is 13.7. The lowest BCUT2D eigenvalue weighted by Gasteiger charge is -2.21. The molecule has 0 bridgehead atoms. The predicted octanol–water partition coefficient (Wildman–Crippen LogP) is 1.20. The Kier molecular flexibility index (Phi) is 5.19. The quantitative estimate of drug-likeness (QED) is 0.675. The van der Waals surface area contributed by atoms with Crippen molar-refractivity contribution in [2.75, 3.05) is 13.2 Å². The van der Waals surface area contributed by atoms with Gasteiger partial charge in [0, 0.05) is 6.54 Å². The van der Waals surface area contributed by atoms with Gasteiger partial charge in [-0.05, 0) is 49.8 Å². The number of hydrogen-bond donors (Lipinski definition) is 3. The van der Waals surface area contributed by atoms with E-state index in [9.17, 15) is 5.11 Å². The molecule has 4 nitrogen and oxygen atoms in total. The number of aryl methyl sites for hydroxylation is 1. The Balaban J connectivity index is 1.89. The molecule has 1 aromatic carbocycles. The third kappa shape index (κ3) is 4.20. The number of nitrogens with two attached hydrogens (primary N) is 1. The molecule has 0 aliphatic heterocycles. The van der Waals surface area contributed by atoms with Gasteiger partial charge in [0.1, 0.15) is 18.5 Å². The third-order valence-electron chi connectivity index (χ3n) is 3.46. The fraction of sp³-hybridized carbons (Fsp3) is 0.600. The van der Waals surface area contributed by atoms with E-state index in [1.54, 1.807) is 0 Å². The van der Waals surface area contributed by atoms with Gasteiger partial charge in [-0.15, -0.1) is 0 Å². The van der Waals surface area contributed by atoms with Crippen LogP contribution < -0.4 is 15.8 Å². The Morgan fingerprint density at radius 1 is 1.37 bits per heavy atom. The van der Waals surface area contributed by atoms with Gasteiger partial charge in [-0.25, -0.2) is 0 Å². The van der Waals surface area contributed by atoms with Crippen molar-refractivity contribution in [3.05, 3.63) is 29.3 Å². The molecule has 106 valence electrons. The highest BCUT2D eigenvalue weighted by Crippen LogP contribution is 2.29. The summed E-state index contributed by atoms with van der Waals surface area (Å²) in [4.78, 5) is 0. The molecule has 0 saturated carbocycles. The lowest BCUT2D eigenvalue weighted by molar-refractivity contribution is 0.103. The lowest BCUT2D eigenvalue weighted by atomic mass is 9.91. The smallest absolute Gasteiger partial charge is 0.122 e. The first-order valence-corrected chi connectivity index (χ1v) is 7.07. The topological polar surface area (TPSA) is 67.5 Å². The lowest BCUT2D eigenvalue weighted by Crippen LogP contribution is -2.41. The van der Waals surface area contributed by atoms with Crippen molar-refractivity contribution in [3.8, 4) is 5.75 Å². The molecular weight excluding hydrogens is 240 g/mol. The molecule has 0 radical (unpaired) electrons. The summed E-state index contributed by atoms with van der Waals surface area (Å²) in [6.07, 6.45) is 4.06. The summed E-state index contributed by atoms with van der Waals surface area (Å²) < 4.78 is 5.77. The monoisotopic (exact) mass is 264 g/mol. The number of aliphatic hydroxyl groups is 1. The van der Waals surface area contributed by atoms with Crippen LogP contribution in [0.1, 0.15) is 30.9 Å². The minimum Gasteiger partial charge on any atom is -0.491 e. The van der Waals surface area contributed by atoms with Crippen molar-refractivity contribution in [1.29, 1.82) is 0 Å². The highest BCUT2D eigenvalue weighted by Gasteiger charge is 2.14. The van der Waals surface area contributed by atoms with Crippen molar-refractivity contribution < 1.29 is 9.84 Å². The third-order valence-corrected chi connectivity index (χ3v) is 3.46. The number of rotatable bonds is 6. The SMILES string of the molecule is CC(N)NCC(O)COc1cccc2c1CCCC2. The zero-order valence-corrected chi connectivity index (χ0v) is 11.6. The Morgan fingerprint density at radius 2 is 2.16 bits per heavy atom. The molecule has 0 aromatic heterocycles. The fourth-order valence-electron chi connectivity index (χ4n) is 2.45. The van der Waals surface area contributed by atoms with Crippen molar-refractivity contribution in [1.82, 2.24) is 5.32 Å². The maximum Gasteiger partial charge on any atom is 0.122 e. The number of ether oxygens (including phenoxy) is 1. The molecule has 4 heteroatoms. The van der Waals surface area contributed by atoms with Crippen molar-refractivity contribution in [2.45, 2.75) is 44.9 Å². The molecule has 2 atom stereocenters. The molecule has 2 unspecified atom stereocenters. The first-order chi connectivity index (χ1) is 9.16. The fourth-order valence-corrected chi connectivity index (χ4v) is 2.45. The van der Waals surface area contributed by atoms with E-state index in [4.69, 9.17) is 10.5 Å². The van der Waals surface area contributed by atoms with Crippen LogP contribution in [0, 0.1) is 0 Å². The average Bonchev–Trinajstić information content (AvgIpc) is 2.42. The maximum absolute atomic E-state index is 9.82. The van der Waals surface area contributed by atoms with Crippen molar-refractivity contribution in [3.63, 3.8) is 0 Å². The summed E-state index contributed by atoms with van der Waals surface area (Å²) in [5, 5.41) is 12.8. The Morgan fingerprint density at radius 3 is 2.95 bits per heavy atom. The van der Waals surface area contributed by atoms with Crippen LogP contribution in [0.2, 0.25) is 0 Å². The van der Waals surface area contributed by atoms with Gasteiger partial charge in [-0.3, -0.25) is 5.32 Å². The summed E-state index contributed by atoms with van der Waals surface area (Å²) in [6, 6.07) is 6.21. The first kappa shape index (κ1) is 14.3. The predicted molar refractivity (Wildman–Crippen MR) is 76.2 cm³/mol. The highest BCUT2D eigenvalue weighted by molar-refractivity contribution is 5.41. The van der Waals surface area contributed by atoms with E-state index in [1.165, 1.54) is 24.0 Å². The summed E-state index contributed by atoms with van der Waals surface area (Å²) in [5.74, 6) is 0.928. The van der Waals surface area contributed by atoms with E-state index in [-0.39, 0.29) is 6.17 Å². The second-order valence-corrected chi connectivity index (χ2v) is 5.26. The van der Waals surface area contributed by atoms with Gasteiger partial charge in [0.2, 0.25) is 0 Å². The van der Waals surface area contributed by atoms with E-state index in [2.05, 4.69) is 11.4 Å². The van der Waals surface area contributed by atoms with Gasteiger partial charge in [-0.1, -0.05) is 12.1 Å². The van der Waals surface area contributed by atoms with Crippen LogP contribution in [0.25, 0.3) is 0 Å². The standard InChI is InChI=1S/C15H24N2O2/c1-11(16)17-9-13(18)10-19-15-8-4-6-12-5-2-3-7-14(12)15/h4,6,8,11,13,17-18H,2-3,5,7,9-10,16H2,1H3. The Bertz CT molecular complexity index is 407. The summed E-state index contributed by atoms with van der Waals surface area (Å²) in [6.45, 7) is 2.60. The second kappa shape index (κ2) is 6.89. The number of nitrogens with one attached hydrogen (secondary N) is 1. The zero-order valence-electron chi connectivity index (χ0n) is 11.6. The van der Waals surface area contributed by atoms with Crippen LogP contribution in [-0.2, 0) is 12.8 Å². The summed E-state index contributed by atoms with van der Waals surface area (Å²) in [7, 11) is 0. The van der Waals surface area contributed by atoms with Crippen LogP contribution in [0.15, 0.2) is 18.2 Å². The molecule has 1 aliphatic carbocycles. The second-order valence-electron chi connectivity index (χ2n) is 5.26. The molecule has 1 aliphatic rings. The van der Waals surface area contributed by atoms with E-state index in [0.717, 1.165) is 18.6 Å². The van der Waals surface area contributed by atoms with Gasteiger partial charge in [0.25, 0.3) is 0 Å². The van der Waals surface area contributed by atoms with Gasteiger partial charge in [0.05, 0.1) is 6.17 Å². The Hall–Kier alpha value is -1.10. The number of aliphatic hydroxyl groups excluding tert-OH is 1. The summed E-state index contributed by atoms with van der Waals surface area (Å²) >= 11 is 0. The highest BCUT2D eigenvalue weighted by atomic mass is 16.5. The number of fused-ring (bicyclic) bond motifs is 1. The van der Waals surface area contributed by atoms with E-state index < -0.39 is 6.10 Å². The minimum atomic E-state index is -0.537. The van der Waals surface area contributed by atoms with Gasteiger partial charge in [-0.2, -0.15) is 0 Å². The molecule has 1 aromatic rings. The van der Waals surface area contributed by atoms with E-state index in [1.807, 2.05) is 19.1 Å². The molecular formula is C15H24N2O2. The van der Waals surface area contributed by atoms with E-state index in [0.29, 0.717) is 13.2 Å². The van der Waals surface area contributed by atoms with Gasteiger partial charge in [0.15, 0.2) is 0 Å². The van der Waals surface area contributed by atoms with Crippen LogP contribution in [0.3, 0.4) is 0 Å². The molecule has 0 saturated heterocycles. The van der Waals surface area contributed by atoms with Gasteiger partial charge < -0.3 is 15.6 Å². The molecule has 0 amide bonds. The largest absolute Gasteiger partial charge is 0.491 e. The molecule has 2 rings (SSSR count). The average molecular weight is 264 g/mol. The molecule has 19 heavy (non-hydrogen) atoms. The van der Waals surface area contributed by atoms with Crippen molar-refractivity contribution in [2.24, 2.45) is 5.73 Å². The maximum atomic E-state index is 9.82. The van der Waals surface area contributed by atoms with Crippen molar-refractivity contribution >= 4 is 0 Å². The van der Waals surface area contributed by atoms with E-state index >= 15 is 0 Å². The summed E-state index contributed by atoms with van der Waals surface area (Å²) in [5.41, 5.74) is 8.29. The molecule has 0 spiro atoms. The number of hydrogen-bond acceptors (Lipinski definition) is 4. The van der Waals surface area contributed by atoms with Crippen LogP contribution >= 0.6 is 0 Å². The minimum absolute atomic E-state index is 0.112. The van der Waals surface area contributed by atoms with Gasteiger partial charge >= 0.3 is 0 Å². The Labute approximate surface area is 115 Å². The van der Waals surface area contributed by atoms with Crippen LogP contribution in [-0.4, -0.2) is 30.5 Å². The first-order valence-electron chi connectivity index (χ1n) is 7.07. The molecule has 0 heterocycles. The van der Waals surface area contributed by atoms with Crippen LogP contribution in [0.4, 0.5) is 0 Å². The molecule has 4 N–H and O–H groups in total. The van der Waals surface area contributed by atoms with Crippen LogP contribution in [0.5, 0.6) is 5.75 Å².